The first-order valence-corrected chi connectivity index (χ1v) is 11.7. The molecular weight excluding hydrogens is 434 g/mol. The minimum absolute atomic E-state index is 0.251. The third-order valence-electron chi connectivity index (χ3n) is 4.59. The summed E-state index contributed by atoms with van der Waals surface area (Å²) in [5.41, 5.74) is 5.72. The molecule has 1 N–H and O–H groups in total. The Morgan fingerprint density at radius 1 is 1.13 bits per heavy atom. The average Bonchev–Trinajstić information content (AvgIpc) is 3.38. The number of aryl methyl sites for hydroxylation is 1. The van der Waals surface area contributed by atoms with Gasteiger partial charge in [-0.15, -0.1) is 22.7 Å². The van der Waals surface area contributed by atoms with Crippen LogP contribution in [-0.4, -0.2) is 16.6 Å². The fraction of sp³-hybridized carbons (Fsp3) is 0.174. The second kappa shape index (κ2) is 9.08. The normalized spacial score (nSPS) is 11.8. The molecule has 0 aliphatic carbocycles. The van der Waals surface area contributed by atoms with Crippen LogP contribution in [0.2, 0.25) is 4.34 Å². The molecule has 3 heterocycles. The molecule has 152 valence electrons. The number of benzene rings is 1. The smallest absolute Gasteiger partial charge is 0.267 e. The number of hydrazone groups is 1. The standard InChI is InChI=1S/C23H20ClN3OS2/c1-3-6-18(20-11-12-22(24)30-20)26-27-23(28)16-13-19(21-10-9-14(2)29-21)25-17-8-5-4-7-15(16)17/h4-5,7-13H,3,6H2,1-2H3,(H,27,28)/b26-18+. The Labute approximate surface area is 188 Å². The van der Waals surface area contributed by atoms with E-state index < -0.39 is 0 Å². The molecule has 0 bridgehead atoms. The quantitative estimate of drug-likeness (QED) is 0.254. The number of amides is 1. The lowest BCUT2D eigenvalue weighted by molar-refractivity contribution is 0.0956. The average molecular weight is 454 g/mol. The van der Waals surface area contributed by atoms with Crippen molar-refractivity contribution in [2.45, 2.75) is 26.7 Å². The van der Waals surface area contributed by atoms with Crippen molar-refractivity contribution in [2.75, 3.05) is 0 Å². The number of rotatable bonds is 6. The van der Waals surface area contributed by atoms with Gasteiger partial charge in [-0.3, -0.25) is 4.79 Å². The van der Waals surface area contributed by atoms with Crippen LogP contribution in [0.3, 0.4) is 0 Å². The van der Waals surface area contributed by atoms with Crippen LogP contribution in [-0.2, 0) is 0 Å². The topological polar surface area (TPSA) is 54.4 Å². The number of nitrogens with zero attached hydrogens (tertiary/aromatic N) is 2. The van der Waals surface area contributed by atoms with Crippen LogP contribution in [0.1, 0.15) is 39.9 Å². The molecule has 0 aliphatic heterocycles. The molecule has 4 rings (SSSR count). The van der Waals surface area contributed by atoms with Gasteiger partial charge in [0, 0.05) is 10.3 Å². The first kappa shape index (κ1) is 20.7. The lowest BCUT2D eigenvalue weighted by Gasteiger charge is -2.09. The maximum absolute atomic E-state index is 13.1. The number of nitrogens with one attached hydrogen (secondary N) is 1. The fourth-order valence-electron chi connectivity index (χ4n) is 3.18. The van der Waals surface area contributed by atoms with E-state index >= 15 is 0 Å². The van der Waals surface area contributed by atoms with Crippen molar-refractivity contribution >= 4 is 56.8 Å². The minimum Gasteiger partial charge on any atom is -0.267 e. The predicted octanol–water partition coefficient (Wildman–Crippen LogP) is 6.92. The Hall–Kier alpha value is -2.54. The number of aromatic nitrogens is 1. The van der Waals surface area contributed by atoms with Gasteiger partial charge in [-0.2, -0.15) is 5.10 Å². The molecule has 7 heteroatoms. The molecule has 0 saturated carbocycles. The van der Waals surface area contributed by atoms with E-state index in [0.717, 1.165) is 44.9 Å². The Morgan fingerprint density at radius 3 is 2.67 bits per heavy atom. The molecule has 0 unspecified atom stereocenters. The summed E-state index contributed by atoms with van der Waals surface area (Å²) in [5, 5.41) is 5.24. The van der Waals surface area contributed by atoms with Gasteiger partial charge in [0.15, 0.2) is 0 Å². The van der Waals surface area contributed by atoms with Gasteiger partial charge in [0.25, 0.3) is 5.91 Å². The summed E-state index contributed by atoms with van der Waals surface area (Å²) in [6.45, 7) is 4.14. The Morgan fingerprint density at radius 2 is 1.97 bits per heavy atom. The highest BCUT2D eigenvalue weighted by atomic mass is 35.5. The SMILES string of the molecule is CCC/C(=N\NC(=O)c1cc(-c2ccc(C)s2)nc2ccccc12)c1ccc(Cl)s1. The van der Waals surface area contributed by atoms with E-state index in [4.69, 9.17) is 16.6 Å². The molecule has 0 radical (unpaired) electrons. The molecular formula is C23H20ClN3OS2. The zero-order valence-corrected chi connectivity index (χ0v) is 19.0. The van der Waals surface area contributed by atoms with Crippen molar-refractivity contribution < 1.29 is 4.79 Å². The van der Waals surface area contributed by atoms with Crippen molar-refractivity contribution in [3.8, 4) is 10.6 Å². The number of thiophene rings is 2. The van der Waals surface area contributed by atoms with E-state index in [-0.39, 0.29) is 5.91 Å². The largest absolute Gasteiger partial charge is 0.272 e. The van der Waals surface area contributed by atoms with Crippen LogP contribution in [0, 0.1) is 6.92 Å². The van der Waals surface area contributed by atoms with Crippen molar-refractivity contribution in [3.63, 3.8) is 0 Å². The number of hydrogen-bond acceptors (Lipinski definition) is 5. The van der Waals surface area contributed by atoms with E-state index in [2.05, 4.69) is 30.4 Å². The maximum Gasteiger partial charge on any atom is 0.272 e. The van der Waals surface area contributed by atoms with Gasteiger partial charge in [-0.05, 0) is 49.7 Å². The molecule has 0 fully saturated rings. The third-order valence-corrected chi connectivity index (χ3v) is 6.89. The number of carbonyl (C=O) groups is 1. The molecule has 0 saturated heterocycles. The van der Waals surface area contributed by atoms with Gasteiger partial charge in [0.05, 0.1) is 36.6 Å². The summed E-state index contributed by atoms with van der Waals surface area (Å²) in [4.78, 5) is 21.1. The zero-order chi connectivity index (χ0) is 21.1. The van der Waals surface area contributed by atoms with Gasteiger partial charge >= 0.3 is 0 Å². The van der Waals surface area contributed by atoms with Crippen LogP contribution in [0.4, 0.5) is 0 Å². The van der Waals surface area contributed by atoms with Crippen molar-refractivity contribution in [1.29, 1.82) is 0 Å². The number of hydrogen-bond donors (Lipinski definition) is 1. The molecule has 30 heavy (non-hydrogen) atoms. The summed E-state index contributed by atoms with van der Waals surface area (Å²) in [7, 11) is 0. The highest BCUT2D eigenvalue weighted by Crippen LogP contribution is 2.30. The highest BCUT2D eigenvalue weighted by molar-refractivity contribution is 7.18. The van der Waals surface area contributed by atoms with E-state index in [9.17, 15) is 4.79 Å². The summed E-state index contributed by atoms with van der Waals surface area (Å²) in [5.74, 6) is -0.251. The molecule has 4 nitrogen and oxygen atoms in total. The monoisotopic (exact) mass is 453 g/mol. The zero-order valence-electron chi connectivity index (χ0n) is 16.6. The van der Waals surface area contributed by atoms with E-state index in [1.54, 1.807) is 11.3 Å². The van der Waals surface area contributed by atoms with Gasteiger partial charge in [-0.25, -0.2) is 10.4 Å². The first-order chi connectivity index (χ1) is 14.5. The van der Waals surface area contributed by atoms with Crippen molar-refractivity contribution in [3.05, 3.63) is 74.3 Å². The van der Waals surface area contributed by atoms with Crippen LogP contribution in [0.25, 0.3) is 21.5 Å². The highest BCUT2D eigenvalue weighted by Gasteiger charge is 2.15. The van der Waals surface area contributed by atoms with E-state index in [1.807, 2.05) is 48.5 Å². The lowest BCUT2D eigenvalue weighted by Crippen LogP contribution is -2.20. The number of pyridine rings is 1. The van der Waals surface area contributed by atoms with E-state index in [1.165, 1.54) is 16.2 Å². The fourth-order valence-corrected chi connectivity index (χ4v) is 5.07. The summed E-state index contributed by atoms with van der Waals surface area (Å²) in [6.07, 6.45) is 1.68. The second-order valence-corrected chi connectivity index (χ2v) is 9.84. The van der Waals surface area contributed by atoms with Crippen LogP contribution >= 0.6 is 34.3 Å². The molecule has 0 spiro atoms. The number of halogens is 1. The van der Waals surface area contributed by atoms with Gasteiger partial charge in [0.2, 0.25) is 0 Å². The Bertz CT molecular complexity index is 1240. The van der Waals surface area contributed by atoms with Gasteiger partial charge < -0.3 is 0 Å². The van der Waals surface area contributed by atoms with Gasteiger partial charge in [-0.1, -0.05) is 43.1 Å². The van der Waals surface area contributed by atoms with Crippen LogP contribution in [0.5, 0.6) is 0 Å². The summed E-state index contributed by atoms with van der Waals surface area (Å²) < 4.78 is 0.705. The molecule has 1 amide bonds. The molecule has 1 aromatic carbocycles. The lowest BCUT2D eigenvalue weighted by atomic mass is 10.1. The number of para-hydroxylation sites is 1. The summed E-state index contributed by atoms with van der Waals surface area (Å²) >= 11 is 9.20. The number of fused-ring (bicyclic) bond motifs is 1. The van der Waals surface area contributed by atoms with Crippen molar-refractivity contribution in [1.82, 2.24) is 10.4 Å². The molecule has 0 aliphatic rings. The molecule has 3 aromatic heterocycles. The number of carbonyl (C=O) groups excluding carboxylic acids is 1. The molecule has 4 aromatic rings. The van der Waals surface area contributed by atoms with Crippen LogP contribution < -0.4 is 5.43 Å². The van der Waals surface area contributed by atoms with Crippen molar-refractivity contribution in [2.24, 2.45) is 5.10 Å². The van der Waals surface area contributed by atoms with Gasteiger partial charge in [0.1, 0.15) is 0 Å². The minimum atomic E-state index is -0.251. The molecule has 0 atom stereocenters. The predicted molar refractivity (Wildman–Crippen MR) is 128 cm³/mol. The van der Waals surface area contributed by atoms with E-state index in [0.29, 0.717) is 9.90 Å². The Balaban J connectivity index is 1.71. The van der Waals surface area contributed by atoms with Crippen LogP contribution in [0.15, 0.2) is 59.7 Å². The second-order valence-electron chi connectivity index (χ2n) is 6.84. The first-order valence-electron chi connectivity index (χ1n) is 9.64. The maximum atomic E-state index is 13.1. The third kappa shape index (κ3) is 4.46. The summed E-state index contributed by atoms with van der Waals surface area (Å²) in [6, 6.07) is 17.4. The Kier molecular flexibility index (Phi) is 6.27.